The highest BCUT2D eigenvalue weighted by Crippen LogP contribution is 2.37. The van der Waals surface area contributed by atoms with Crippen LogP contribution in [0, 0.1) is 0 Å². The Labute approximate surface area is 142 Å². The van der Waals surface area contributed by atoms with Crippen LogP contribution >= 0.6 is 0 Å². The Kier molecular flexibility index (Phi) is 5.03. The van der Waals surface area contributed by atoms with E-state index in [1.807, 2.05) is 33.9 Å². The van der Waals surface area contributed by atoms with E-state index >= 15 is 0 Å². The zero-order valence-corrected chi connectivity index (χ0v) is 14.1. The molecule has 0 aliphatic carbocycles. The van der Waals surface area contributed by atoms with E-state index in [2.05, 4.69) is 4.98 Å². The van der Waals surface area contributed by atoms with Gasteiger partial charge in [-0.3, -0.25) is 4.79 Å². The minimum Gasteiger partial charge on any atom is -0.493 e. The summed E-state index contributed by atoms with van der Waals surface area (Å²) in [6.45, 7) is 1.47. The van der Waals surface area contributed by atoms with Gasteiger partial charge in [-0.25, -0.2) is 4.98 Å². The molecule has 0 spiro atoms. The average molecular weight is 329 g/mol. The quantitative estimate of drug-likeness (QED) is 0.817. The standard InChI is InChI=1S/C18H23N3O3/c1-23-16-6-5-14(12-17(16)24-2)15-4-3-9-21(15)18(22)7-10-20-11-8-19-13-20/h5-6,8,11-13,15H,3-4,7,9-10H2,1-2H3/t15-/m0/s1. The van der Waals surface area contributed by atoms with Gasteiger partial charge in [0.1, 0.15) is 0 Å². The monoisotopic (exact) mass is 329 g/mol. The highest BCUT2D eigenvalue weighted by atomic mass is 16.5. The van der Waals surface area contributed by atoms with Gasteiger partial charge < -0.3 is 18.9 Å². The van der Waals surface area contributed by atoms with Gasteiger partial charge in [0.05, 0.1) is 26.6 Å². The number of methoxy groups -OCH3 is 2. The van der Waals surface area contributed by atoms with Gasteiger partial charge in [-0.05, 0) is 30.5 Å². The first-order chi connectivity index (χ1) is 11.7. The number of aryl methyl sites for hydroxylation is 1. The molecule has 24 heavy (non-hydrogen) atoms. The summed E-state index contributed by atoms with van der Waals surface area (Å²) in [4.78, 5) is 18.6. The lowest BCUT2D eigenvalue weighted by Crippen LogP contribution is -2.31. The van der Waals surface area contributed by atoms with Gasteiger partial charge in [0, 0.05) is 31.9 Å². The molecule has 1 aromatic heterocycles. The molecular formula is C18H23N3O3. The molecule has 0 radical (unpaired) electrons. The molecule has 1 aromatic carbocycles. The molecule has 0 saturated carbocycles. The molecule has 6 heteroatoms. The Balaban J connectivity index is 1.71. The van der Waals surface area contributed by atoms with Crippen LogP contribution in [0.5, 0.6) is 11.5 Å². The van der Waals surface area contributed by atoms with Gasteiger partial charge in [0.15, 0.2) is 11.5 Å². The number of benzene rings is 1. The van der Waals surface area contributed by atoms with Crippen LogP contribution in [0.25, 0.3) is 0 Å². The second kappa shape index (κ2) is 7.38. The maximum atomic E-state index is 12.6. The molecule has 2 aromatic rings. The van der Waals surface area contributed by atoms with Gasteiger partial charge in [-0.2, -0.15) is 0 Å². The van der Waals surface area contributed by atoms with Crippen molar-refractivity contribution in [3.05, 3.63) is 42.5 Å². The maximum Gasteiger partial charge on any atom is 0.224 e. The zero-order chi connectivity index (χ0) is 16.9. The van der Waals surface area contributed by atoms with Gasteiger partial charge in [-0.1, -0.05) is 6.07 Å². The first-order valence-corrected chi connectivity index (χ1v) is 8.20. The van der Waals surface area contributed by atoms with Crippen molar-refractivity contribution >= 4 is 5.91 Å². The molecule has 1 saturated heterocycles. The summed E-state index contributed by atoms with van der Waals surface area (Å²) in [5.74, 6) is 1.59. The molecule has 128 valence electrons. The van der Waals surface area contributed by atoms with Gasteiger partial charge in [0.25, 0.3) is 0 Å². The van der Waals surface area contributed by atoms with Crippen LogP contribution in [-0.4, -0.2) is 41.1 Å². The highest BCUT2D eigenvalue weighted by molar-refractivity contribution is 5.77. The van der Waals surface area contributed by atoms with Crippen LogP contribution in [0.1, 0.15) is 30.9 Å². The van der Waals surface area contributed by atoms with Crippen molar-refractivity contribution in [1.82, 2.24) is 14.5 Å². The third-order valence-electron chi connectivity index (χ3n) is 4.51. The molecule has 1 aliphatic rings. The second-order valence-electron chi connectivity index (χ2n) is 5.91. The zero-order valence-electron chi connectivity index (χ0n) is 14.1. The number of ether oxygens (including phenoxy) is 2. The van der Waals surface area contributed by atoms with Gasteiger partial charge >= 0.3 is 0 Å². The maximum absolute atomic E-state index is 12.6. The minimum atomic E-state index is 0.111. The Morgan fingerprint density at radius 3 is 2.83 bits per heavy atom. The molecule has 2 heterocycles. The molecule has 1 atom stereocenters. The van der Waals surface area contributed by atoms with Crippen LogP contribution in [-0.2, 0) is 11.3 Å². The van der Waals surface area contributed by atoms with Crippen molar-refractivity contribution in [3.63, 3.8) is 0 Å². The number of amides is 1. The van der Waals surface area contributed by atoms with Crippen molar-refractivity contribution in [2.45, 2.75) is 31.8 Å². The lowest BCUT2D eigenvalue weighted by atomic mass is 10.0. The number of likely N-dealkylation sites (tertiary alicyclic amines) is 1. The van der Waals surface area contributed by atoms with Crippen LogP contribution in [0.15, 0.2) is 36.9 Å². The Hall–Kier alpha value is -2.50. The van der Waals surface area contributed by atoms with Crippen LogP contribution in [0.4, 0.5) is 0 Å². The summed E-state index contributed by atoms with van der Waals surface area (Å²) in [6.07, 6.45) is 7.83. The predicted octanol–water partition coefficient (Wildman–Crippen LogP) is 2.65. The second-order valence-corrected chi connectivity index (χ2v) is 5.91. The fraction of sp³-hybridized carbons (Fsp3) is 0.444. The molecule has 0 unspecified atom stereocenters. The first-order valence-electron chi connectivity index (χ1n) is 8.20. The number of rotatable bonds is 6. The van der Waals surface area contributed by atoms with E-state index in [9.17, 15) is 4.79 Å². The SMILES string of the molecule is COc1ccc([C@@H]2CCCN2C(=O)CCn2ccnc2)cc1OC. The largest absolute Gasteiger partial charge is 0.493 e. The topological polar surface area (TPSA) is 56.6 Å². The minimum absolute atomic E-state index is 0.111. The third kappa shape index (κ3) is 3.37. The van der Waals surface area contributed by atoms with E-state index in [-0.39, 0.29) is 11.9 Å². The molecule has 6 nitrogen and oxygen atoms in total. The van der Waals surface area contributed by atoms with E-state index in [0.29, 0.717) is 24.5 Å². The molecule has 1 aliphatic heterocycles. The van der Waals surface area contributed by atoms with E-state index in [1.165, 1.54) is 0 Å². The fourth-order valence-corrected chi connectivity index (χ4v) is 3.26. The summed E-state index contributed by atoms with van der Waals surface area (Å²) in [7, 11) is 3.25. The highest BCUT2D eigenvalue weighted by Gasteiger charge is 2.30. The molecule has 3 rings (SSSR count). The van der Waals surface area contributed by atoms with Crippen LogP contribution < -0.4 is 9.47 Å². The number of aromatic nitrogens is 2. The van der Waals surface area contributed by atoms with E-state index < -0.39 is 0 Å². The third-order valence-corrected chi connectivity index (χ3v) is 4.51. The Morgan fingerprint density at radius 1 is 1.29 bits per heavy atom. The molecule has 0 N–H and O–H groups in total. The number of carbonyl (C=O) groups is 1. The molecule has 0 bridgehead atoms. The molecular weight excluding hydrogens is 306 g/mol. The number of hydrogen-bond donors (Lipinski definition) is 0. The van der Waals surface area contributed by atoms with E-state index in [1.54, 1.807) is 26.7 Å². The van der Waals surface area contributed by atoms with Gasteiger partial charge in [-0.15, -0.1) is 0 Å². The van der Waals surface area contributed by atoms with Crippen LogP contribution in [0.3, 0.4) is 0 Å². The lowest BCUT2D eigenvalue weighted by Gasteiger charge is -2.26. The van der Waals surface area contributed by atoms with Crippen molar-refractivity contribution in [2.24, 2.45) is 0 Å². The van der Waals surface area contributed by atoms with Crippen molar-refractivity contribution < 1.29 is 14.3 Å². The van der Waals surface area contributed by atoms with Gasteiger partial charge in [0.2, 0.25) is 5.91 Å². The average Bonchev–Trinajstić information content (AvgIpc) is 3.30. The number of nitrogens with zero attached hydrogens (tertiary/aromatic N) is 3. The summed E-state index contributed by atoms with van der Waals surface area (Å²) < 4.78 is 12.6. The van der Waals surface area contributed by atoms with Crippen molar-refractivity contribution in [2.75, 3.05) is 20.8 Å². The van der Waals surface area contributed by atoms with E-state index in [0.717, 1.165) is 24.9 Å². The van der Waals surface area contributed by atoms with Crippen molar-refractivity contribution in [3.8, 4) is 11.5 Å². The summed E-state index contributed by atoms with van der Waals surface area (Å²) in [5.41, 5.74) is 1.10. The first kappa shape index (κ1) is 16.4. The normalized spacial score (nSPS) is 17.1. The van der Waals surface area contributed by atoms with Crippen molar-refractivity contribution in [1.29, 1.82) is 0 Å². The molecule has 1 fully saturated rings. The Morgan fingerprint density at radius 2 is 2.12 bits per heavy atom. The molecule has 1 amide bonds. The Bertz CT molecular complexity index is 685. The number of hydrogen-bond acceptors (Lipinski definition) is 4. The summed E-state index contributed by atoms with van der Waals surface area (Å²) >= 11 is 0. The summed E-state index contributed by atoms with van der Waals surface area (Å²) in [5, 5.41) is 0. The lowest BCUT2D eigenvalue weighted by molar-refractivity contribution is -0.132. The van der Waals surface area contributed by atoms with Crippen LogP contribution in [0.2, 0.25) is 0 Å². The fourth-order valence-electron chi connectivity index (χ4n) is 3.26. The smallest absolute Gasteiger partial charge is 0.224 e. The number of imidazole rings is 1. The summed E-state index contributed by atoms with van der Waals surface area (Å²) in [6, 6.07) is 6.01. The van der Waals surface area contributed by atoms with E-state index in [4.69, 9.17) is 9.47 Å². The predicted molar refractivity (Wildman–Crippen MR) is 90.1 cm³/mol. The number of carbonyl (C=O) groups excluding carboxylic acids is 1.